The molecule has 0 aliphatic carbocycles. The van der Waals surface area contributed by atoms with Crippen LogP contribution in [0, 0.1) is 0 Å². The number of rotatable bonds is 13. The van der Waals surface area contributed by atoms with Crippen LogP contribution >= 0.6 is 0 Å². The second kappa shape index (κ2) is 12.8. The van der Waals surface area contributed by atoms with Gasteiger partial charge in [0.05, 0.1) is 13.2 Å². The van der Waals surface area contributed by atoms with E-state index in [0.29, 0.717) is 6.54 Å². The normalized spacial score (nSPS) is 10.6. The first-order valence-corrected chi connectivity index (χ1v) is 9.41. The largest absolute Gasteiger partial charge is 0.494 e. The van der Waals surface area contributed by atoms with Crippen LogP contribution in [0.15, 0.2) is 24.3 Å². The molecule has 0 aromatic heterocycles. The van der Waals surface area contributed by atoms with Crippen LogP contribution in [0.4, 0.5) is 0 Å². The van der Waals surface area contributed by atoms with Crippen LogP contribution in [0.3, 0.4) is 0 Å². The van der Waals surface area contributed by atoms with E-state index in [1.807, 2.05) is 17.0 Å². The zero-order chi connectivity index (χ0) is 17.6. The first kappa shape index (κ1) is 20.5. The Morgan fingerprint density at radius 2 is 1.88 bits per heavy atom. The summed E-state index contributed by atoms with van der Waals surface area (Å²) in [4.78, 5) is 14.1. The van der Waals surface area contributed by atoms with Crippen molar-refractivity contribution >= 4 is 5.91 Å². The van der Waals surface area contributed by atoms with Crippen molar-refractivity contribution in [3.63, 3.8) is 0 Å². The summed E-state index contributed by atoms with van der Waals surface area (Å²) >= 11 is 0. The van der Waals surface area contributed by atoms with Crippen molar-refractivity contribution in [2.24, 2.45) is 0 Å². The van der Waals surface area contributed by atoms with Crippen molar-refractivity contribution in [2.45, 2.75) is 52.9 Å². The highest BCUT2D eigenvalue weighted by atomic mass is 16.5. The predicted octanol–water partition coefficient (Wildman–Crippen LogP) is 3.65. The average Bonchev–Trinajstić information content (AvgIpc) is 2.59. The van der Waals surface area contributed by atoms with Gasteiger partial charge in [-0.05, 0) is 49.9 Å². The Kier molecular flexibility index (Phi) is 10.9. The Morgan fingerprint density at radius 3 is 2.54 bits per heavy atom. The van der Waals surface area contributed by atoms with Crippen molar-refractivity contribution in [2.75, 3.05) is 32.8 Å². The second-order valence-electron chi connectivity index (χ2n) is 6.16. The SMILES string of the molecule is CCCCOc1cccc(CCNCC(=O)N(CCC)CCC)c1. The summed E-state index contributed by atoms with van der Waals surface area (Å²) in [6.45, 7) is 10.1. The summed E-state index contributed by atoms with van der Waals surface area (Å²) in [5.41, 5.74) is 1.24. The van der Waals surface area contributed by atoms with Crippen LogP contribution in [-0.2, 0) is 11.2 Å². The molecular weight excluding hydrogens is 300 g/mol. The van der Waals surface area contributed by atoms with Gasteiger partial charge in [0.2, 0.25) is 5.91 Å². The minimum atomic E-state index is 0.204. The molecule has 0 aliphatic heterocycles. The first-order valence-electron chi connectivity index (χ1n) is 9.41. The number of nitrogens with one attached hydrogen (secondary N) is 1. The van der Waals surface area contributed by atoms with Crippen molar-refractivity contribution in [3.8, 4) is 5.75 Å². The molecule has 1 aromatic rings. The van der Waals surface area contributed by atoms with Gasteiger partial charge in [-0.1, -0.05) is 39.3 Å². The Hall–Kier alpha value is -1.55. The number of hydrogen-bond acceptors (Lipinski definition) is 3. The lowest BCUT2D eigenvalue weighted by molar-refractivity contribution is -0.130. The maximum Gasteiger partial charge on any atom is 0.236 e. The van der Waals surface area contributed by atoms with Gasteiger partial charge in [0, 0.05) is 13.1 Å². The van der Waals surface area contributed by atoms with Gasteiger partial charge in [-0.3, -0.25) is 4.79 Å². The number of nitrogens with zero attached hydrogens (tertiary/aromatic N) is 1. The van der Waals surface area contributed by atoms with E-state index in [0.717, 1.165) is 64.1 Å². The molecule has 4 nitrogen and oxygen atoms in total. The molecule has 136 valence electrons. The van der Waals surface area contributed by atoms with E-state index in [1.165, 1.54) is 5.56 Å². The molecule has 0 atom stereocenters. The maximum atomic E-state index is 12.2. The molecule has 0 saturated carbocycles. The van der Waals surface area contributed by atoms with Gasteiger partial charge in [0.25, 0.3) is 0 Å². The highest BCUT2D eigenvalue weighted by molar-refractivity contribution is 5.78. The molecule has 4 heteroatoms. The Bertz CT molecular complexity index is 457. The number of unbranched alkanes of at least 4 members (excludes halogenated alkanes) is 1. The lowest BCUT2D eigenvalue weighted by atomic mass is 10.1. The molecule has 0 heterocycles. The summed E-state index contributed by atoms with van der Waals surface area (Å²) in [6.07, 6.45) is 5.15. The lowest BCUT2D eigenvalue weighted by Crippen LogP contribution is -2.39. The van der Waals surface area contributed by atoms with Crippen molar-refractivity contribution < 1.29 is 9.53 Å². The molecule has 1 N–H and O–H groups in total. The number of benzene rings is 1. The summed E-state index contributed by atoms with van der Waals surface area (Å²) in [5.74, 6) is 1.14. The van der Waals surface area contributed by atoms with E-state index in [2.05, 4.69) is 38.2 Å². The number of carbonyl (C=O) groups excluding carboxylic acids is 1. The Balaban J connectivity index is 2.31. The number of hydrogen-bond donors (Lipinski definition) is 1. The van der Waals surface area contributed by atoms with E-state index in [1.54, 1.807) is 0 Å². The Labute approximate surface area is 147 Å². The quantitative estimate of drug-likeness (QED) is 0.560. The van der Waals surface area contributed by atoms with Gasteiger partial charge in [-0.2, -0.15) is 0 Å². The van der Waals surface area contributed by atoms with Crippen LogP contribution in [0.1, 0.15) is 52.0 Å². The van der Waals surface area contributed by atoms with Gasteiger partial charge in [-0.25, -0.2) is 0 Å². The van der Waals surface area contributed by atoms with E-state index < -0.39 is 0 Å². The van der Waals surface area contributed by atoms with Crippen molar-refractivity contribution in [1.29, 1.82) is 0 Å². The van der Waals surface area contributed by atoms with Gasteiger partial charge in [0.1, 0.15) is 5.75 Å². The summed E-state index contributed by atoms with van der Waals surface area (Å²) in [6, 6.07) is 8.24. The summed E-state index contributed by atoms with van der Waals surface area (Å²) in [5, 5.41) is 3.27. The topological polar surface area (TPSA) is 41.6 Å². The molecule has 0 fully saturated rings. The lowest BCUT2D eigenvalue weighted by Gasteiger charge is -2.21. The average molecular weight is 335 g/mol. The first-order chi connectivity index (χ1) is 11.7. The second-order valence-corrected chi connectivity index (χ2v) is 6.16. The molecule has 0 unspecified atom stereocenters. The molecule has 0 aliphatic rings. The zero-order valence-electron chi connectivity index (χ0n) is 15.6. The fourth-order valence-electron chi connectivity index (χ4n) is 2.57. The van der Waals surface area contributed by atoms with Crippen molar-refractivity contribution in [1.82, 2.24) is 10.2 Å². The van der Waals surface area contributed by atoms with Gasteiger partial charge < -0.3 is 15.0 Å². The smallest absolute Gasteiger partial charge is 0.236 e. The molecule has 0 bridgehead atoms. The Morgan fingerprint density at radius 1 is 1.12 bits per heavy atom. The molecule has 1 amide bonds. The molecular formula is C20H34N2O2. The highest BCUT2D eigenvalue weighted by Crippen LogP contribution is 2.14. The zero-order valence-corrected chi connectivity index (χ0v) is 15.6. The van der Waals surface area contributed by atoms with Gasteiger partial charge in [0.15, 0.2) is 0 Å². The fraction of sp³-hybridized carbons (Fsp3) is 0.650. The molecule has 0 spiro atoms. The predicted molar refractivity (Wildman–Crippen MR) is 101 cm³/mol. The number of carbonyl (C=O) groups is 1. The van der Waals surface area contributed by atoms with E-state index in [9.17, 15) is 4.79 Å². The molecule has 1 aromatic carbocycles. The third-order valence-corrected chi connectivity index (χ3v) is 3.87. The summed E-state index contributed by atoms with van der Waals surface area (Å²) in [7, 11) is 0. The van der Waals surface area contributed by atoms with Crippen LogP contribution in [0.5, 0.6) is 5.75 Å². The van der Waals surface area contributed by atoms with E-state index in [-0.39, 0.29) is 5.91 Å². The third-order valence-electron chi connectivity index (χ3n) is 3.87. The summed E-state index contributed by atoms with van der Waals surface area (Å²) < 4.78 is 5.74. The van der Waals surface area contributed by atoms with Crippen LogP contribution in [0.25, 0.3) is 0 Å². The maximum absolute atomic E-state index is 12.2. The molecule has 0 saturated heterocycles. The number of amides is 1. The molecule has 1 rings (SSSR count). The van der Waals surface area contributed by atoms with E-state index >= 15 is 0 Å². The minimum Gasteiger partial charge on any atom is -0.494 e. The van der Waals surface area contributed by atoms with Crippen LogP contribution < -0.4 is 10.1 Å². The van der Waals surface area contributed by atoms with Crippen molar-refractivity contribution in [3.05, 3.63) is 29.8 Å². The third kappa shape index (κ3) is 8.34. The van der Waals surface area contributed by atoms with Crippen LogP contribution in [0.2, 0.25) is 0 Å². The fourth-order valence-corrected chi connectivity index (χ4v) is 2.57. The van der Waals surface area contributed by atoms with Gasteiger partial charge >= 0.3 is 0 Å². The monoisotopic (exact) mass is 334 g/mol. The van der Waals surface area contributed by atoms with Crippen LogP contribution in [-0.4, -0.2) is 43.6 Å². The standard InChI is InChI=1S/C20H34N2O2/c1-4-7-15-24-19-10-8-9-18(16-19)11-12-21-17-20(23)22(13-5-2)14-6-3/h8-10,16,21H,4-7,11-15,17H2,1-3H3. The molecule has 0 radical (unpaired) electrons. The number of ether oxygens (including phenoxy) is 1. The van der Waals surface area contributed by atoms with E-state index in [4.69, 9.17) is 4.74 Å². The minimum absolute atomic E-state index is 0.204. The van der Waals surface area contributed by atoms with Gasteiger partial charge in [-0.15, -0.1) is 0 Å². The molecule has 24 heavy (non-hydrogen) atoms. The highest BCUT2D eigenvalue weighted by Gasteiger charge is 2.10.